The van der Waals surface area contributed by atoms with Crippen LogP contribution in [-0.4, -0.2) is 42.5 Å². The molecular weight excluding hydrogens is 505 g/mol. The fourth-order valence-electron chi connectivity index (χ4n) is 4.68. The molecule has 2 atom stereocenters. The molecule has 0 fully saturated rings. The molecule has 0 radical (unpaired) electrons. The number of aliphatic hydroxyl groups excluding tert-OH is 1. The molecule has 1 heterocycles. The Labute approximate surface area is 223 Å². The highest BCUT2D eigenvalue weighted by Crippen LogP contribution is 2.39. The average Bonchev–Trinajstić information content (AvgIpc) is 2.90. The number of benzene rings is 3. The van der Waals surface area contributed by atoms with Gasteiger partial charge in [0, 0.05) is 29.9 Å². The molecule has 0 saturated carbocycles. The number of carbonyl (C=O) groups excluding carboxylic acids is 1. The average molecular weight is 540 g/mol. The molecule has 3 aromatic carbocycles. The first-order valence-electron chi connectivity index (χ1n) is 12.7. The number of halogens is 1. The number of sulfonamides is 1. The summed E-state index contributed by atoms with van der Waals surface area (Å²) in [7, 11) is -3.99. The van der Waals surface area contributed by atoms with Gasteiger partial charge in [-0.3, -0.25) is 4.79 Å². The van der Waals surface area contributed by atoms with E-state index in [-0.39, 0.29) is 23.2 Å². The maximum absolute atomic E-state index is 14.2. The number of hydrogen-bond donors (Lipinski definition) is 3. The van der Waals surface area contributed by atoms with Gasteiger partial charge in [-0.25, -0.2) is 17.5 Å². The summed E-state index contributed by atoms with van der Waals surface area (Å²) < 4.78 is 43.6. The molecule has 3 aromatic rings. The van der Waals surface area contributed by atoms with E-state index in [1.807, 2.05) is 13.8 Å². The van der Waals surface area contributed by atoms with Gasteiger partial charge in [0.1, 0.15) is 5.82 Å². The topological polar surface area (TPSA) is 98.7 Å². The second-order valence-corrected chi connectivity index (χ2v) is 11.8. The van der Waals surface area contributed by atoms with Gasteiger partial charge in [0.2, 0.25) is 10.0 Å². The first-order valence-corrected chi connectivity index (χ1v) is 14.2. The van der Waals surface area contributed by atoms with Crippen molar-refractivity contribution in [1.29, 1.82) is 0 Å². The smallest absolute Gasteiger partial charge is 0.254 e. The molecule has 3 N–H and O–H groups in total. The summed E-state index contributed by atoms with van der Waals surface area (Å²) in [4.78, 5) is 15.1. The molecule has 1 aliphatic heterocycles. The first-order chi connectivity index (χ1) is 18.0. The first kappa shape index (κ1) is 27.8. The van der Waals surface area contributed by atoms with E-state index in [1.54, 1.807) is 74.5 Å². The summed E-state index contributed by atoms with van der Waals surface area (Å²) in [6, 6.07) is 16.9. The number of nitrogens with zero attached hydrogens (tertiary/aromatic N) is 1. The number of rotatable bonds is 8. The van der Waals surface area contributed by atoms with Crippen LogP contribution in [0.4, 0.5) is 10.1 Å². The van der Waals surface area contributed by atoms with Crippen LogP contribution in [0.15, 0.2) is 71.6 Å². The standard InChI is InChI=1S/C29H34FN3O4S/c1-5-19-11-14-22(15-12-19)38(36,37)32-26-23-17-20(13-16-25(23)31-29(3,4)27(26)34)28(35)33(6-2)18-21-9-7-8-10-24(21)30/h7-17,26-27,31-32,34H,5-6,18H2,1-4H3/t26-,27+/m1/s1. The highest BCUT2D eigenvalue weighted by atomic mass is 32.2. The van der Waals surface area contributed by atoms with Crippen molar-refractivity contribution in [2.24, 2.45) is 0 Å². The Hall–Kier alpha value is -3.27. The molecule has 9 heteroatoms. The normalized spacial score (nSPS) is 18.4. The van der Waals surface area contributed by atoms with E-state index < -0.39 is 27.7 Å². The Kier molecular flexibility index (Phi) is 7.92. The lowest BCUT2D eigenvalue weighted by Crippen LogP contribution is -2.54. The maximum atomic E-state index is 14.2. The second kappa shape index (κ2) is 10.8. The van der Waals surface area contributed by atoms with Crippen LogP contribution >= 0.6 is 0 Å². The van der Waals surface area contributed by atoms with Crippen molar-refractivity contribution < 1.29 is 22.7 Å². The van der Waals surface area contributed by atoms with Crippen LogP contribution in [0, 0.1) is 5.82 Å². The molecule has 0 spiro atoms. The van der Waals surface area contributed by atoms with E-state index in [0.717, 1.165) is 12.0 Å². The van der Waals surface area contributed by atoms with Gasteiger partial charge in [-0.15, -0.1) is 0 Å². The Balaban J connectivity index is 1.68. The molecule has 0 unspecified atom stereocenters. The van der Waals surface area contributed by atoms with Crippen LogP contribution in [0.3, 0.4) is 0 Å². The quantitative estimate of drug-likeness (QED) is 0.388. The van der Waals surface area contributed by atoms with Crippen molar-refractivity contribution in [2.45, 2.75) is 63.2 Å². The van der Waals surface area contributed by atoms with Gasteiger partial charge in [0.25, 0.3) is 5.91 Å². The van der Waals surface area contributed by atoms with Gasteiger partial charge in [-0.1, -0.05) is 37.3 Å². The third kappa shape index (κ3) is 5.60. The van der Waals surface area contributed by atoms with Gasteiger partial charge in [0.05, 0.1) is 22.6 Å². The van der Waals surface area contributed by atoms with Gasteiger partial charge in [0.15, 0.2) is 0 Å². The molecule has 0 saturated heterocycles. The van der Waals surface area contributed by atoms with Crippen LogP contribution in [0.1, 0.15) is 60.8 Å². The minimum Gasteiger partial charge on any atom is -0.389 e. The molecule has 0 bridgehead atoms. The molecule has 4 rings (SSSR count). The number of aliphatic hydroxyl groups is 1. The zero-order valence-corrected chi connectivity index (χ0v) is 22.8. The predicted octanol–water partition coefficient (Wildman–Crippen LogP) is 4.64. The summed E-state index contributed by atoms with van der Waals surface area (Å²) in [6.45, 7) is 7.81. The van der Waals surface area contributed by atoms with E-state index in [1.165, 1.54) is 11.0 Å². The largest absolute Gasteiger partial charge is 0.389 e. The van der Waals surface area contributed by atoms with Gasteiger partial charge in [-0.2, -0.15) is 0 Å². The number of carbonyl (C=O) groups is 1. The van der Waals surface area contributed by atoms with Crippen molar-refractivity contribution in [1.82, 2.24) is 9.62 Å². The molecule has 38 heavy (non-hydrogen) atoms. The highest BCUT2D eigenvalue weighted by Gasteiger charge is 2.43. The Bertz CT molecular complexity index is 1420. The van der Waals surface area contributed by atoms with Gasteiger partial charge < -0.3 is 15.3 Å². The monoisotopic (exact) mass is 539 g/mol. The summed E-state index contributed by atoms with van der Waals surface area (Å²) >= 11 is 0. The van der Waals surface area contributed by atoms with Crippen molar-refractivity contribution >= 4 is 21.6 Å². The van der Waals surface area contributed by atoms with E-state index in [0.29, 0.717) is 28.9 Å². The summed E-state index contributed by atoms with van der Waals surface area (Å²) in [5, 5.41) is 14.5. The third-order valence-corrected chi connectivity index (χ3v) is 8.51. The minimum absolute atomic E-state index is 0.0917. The Morgan fingerprint density at radius 3 is 2.39 bits per heavy atom. The zero-order valence-electron chi connectivity index (χ0n) is 22.0. The Morgan fingerprint density at radius 1 is 1.08 bits per heavy atom. The molecule has 0 aromatic heterocycles. The van der Waals surface area contributed by atoms with Crippen molar-refractivity contribution in [3.05, 3.63) is 94.8 Å². The van der Waals surface area contributed by atoms with E-state index in [4.69, 9.17) is 0 Å². The van der Waals surface area contributed by atoms with Crippen molar-refractivity contribution in [3.8, 4) is 0 Å². The van der Waals surface area contributed by atoms with E-state index in [2.05, 4.69) is 10.0 Å². The highest BCUT2D eigenvalue weighted by molar-refractivity contribution is 7.89. The lowest BCUT2D eigenvalue weighted by atomic mass is 9.82. The number of fused-ring (bicyclic) bond motifs is 1. The summed E-state index contributed by atoms with van der Waals surface area (Å²) in [5.41, 5.74) is 1.95. The number of hydrogen-bond acceptors (Lipinski definition) is 5. The van der Waals surface area contributed by atoms with Crippen LogP contribution in [-0.2, 0) is 23.0 Å². The van der Waals surface area contributed by atoms with Crippen LogP contribution in [0.5, 0.6) is 0 Å². The molecular formula is C29H34FN3O4S. The van der Waals surface area contributed by atoms with E-state index in [9.17, 15) is 22.7 Å². The molecule has 7 nitrogen and oxygen atoms in total. The van der Waals surface area contributed by atoms with Crippen LogP contribution < -0.4 is 10.0 Å². The third-order valence-electron chi connectivity index (χ3n) is 7.06. The number of amides is 1. The number of aryl methyl sites for hydroxylation is 1. The predicted molar refractivity (Wildman–Crippen MR) is 146 cm³/mol. The Morgan fingerprint density at radius 2 is 1.76 bits per heavy atom. The number of anilines is 1. The molecule has 0 aliphatic carbocycles. The lowest BCUT2D eigenvalue weighted by molar-refractivity contribution is 0.0740. The fourth-order valence-corrected chi connectivity index (χ4v) is 5.90. The minimum atomic E-state index is -3.99. The lowest BCUT2D eigenvalue weighted by Gasteiger charge is -2.43. The number of nitrogens with one attached hydrogen (secondary N) is 2. The van der Waals surface area contributed by atoms with Crippen LogP contribution in [0.2, 0.25) is 0 Å². The van der Waals surface area contributed by atoms with Gasteiger partial charge >= 0.3 is 0 Å². The van der Waals surface area contributed by atoms with Crippen molar-refractivity contribution in [2.75, 3.05) is 11.9 Å². The van der Waals surface area contributed by atoms with Crippen molar-refractivity contribution in [3.63, 3.8) is 0 Å². The van der Waals surface area contributed by atoms with Gasteiger partial charge in [-0.05, 0) is 74.7 Å². The zero-order chi connectivity index (χ0) is 27.7. The fraction of sp³-hybridized carbons (Fsp3) is 0.345. The summed E-state index contributed by atoms with van der Waals surface area (Å²) in [5.74, 6) is -0.713. The van der Waals surface area contributed by atoms with Crippen LogP contribution in [0.25, 0.3) is 0 Å². The maximum Gasteiger partial charge on any atom is 0.254 e. The molecule has 1 aliphatic rings. The molecule has 202 valence electrons. The summed E-state index contributed by atoms with van der Waals surface area (Å²) in [6.07, 6.45) is -0.351. The second-order valence-electron chi connectivity index (χ2n) is 10.1. The SMILES string of the molecule is CCc1ccc(S(=O)(=O)N[C@@H]2c3cc(C(=O)N(CC)Cc4ccccc4F)ccc3NC(C)(C)[C@H]2O)cc1. The molecule has 1 amide bonds. The van der Waals surface area contributed by atoms with E-state index >= 15 is 0 Å².